The lowest BCUT2D eigenvalue weighted by atomic mass is 10.0. The molecule has 0 aromatic rings. The molecule has 3 aliphatic heterocycles. The molecule has 0 radical (unpaired) electrons. The van der Waals surface area contributed by atoms with Crippen molar-refractivity contribution in [1.29, 1.82) is 0 Å². The first-order valence-electron chi connectivity index (χ1n) is 15.4. The first-order chi connectivity index (χ1) is 16.5. The lowest BCUT2D eigenvalue weighted by Crippen LogP contribution is -2.75. The number of unbranched alkanes of at least 4 members (excludes halogenated alkanes) is 14. The number of piperazine rings is 3. The smallest absolute Gasteiger partial charge is 0.308 e. The van der Waals surface area contributed by atoms with E-state index < -0.39 is 0 Å². The molecular formula is C30H60N2O2+2. The Morgan fingerprint density at radius 2 is 0.941 bits per heavy atom. The van der Waals surface area contributed by atoms with Gasteiger partial charge in [0.2, 0.25) is 0 Å². The summed E-state index contributed by atoms with van der Waals surface area (Å²) in [6.07, 6.45) is 22.3. The number of quaternary nitrogens is 2. The Morgan fingerprint density at radius 3 is 1.32 bits per heavy atom. The van der Waals surface area contributed by atoms with Crippen LogP contribution in [0.1, 0.15) is 124 Å². The summed E-state index contributed by atoms with van der Waals surface area (Å²) in [7, 11) is 0. The Labute approximate surface area is 213 Å². The number of carbonyl (C=O) groups is 1. The summed E-state index contributed by atoms with van der Waals surface area (Å²) < 4.78 is 8.14. The molecule has 3 rings (SSSR count). The van der Waals surface area contributed by atoms with E-state index in [1.807, 2.05) is 13.8 Å². The average molecular weight is 481 g/mol. The molecule has 3 heterocycles. The summed E-state index contributed by atoms with van der Waals surface area (Å²) in [4.78, 5) is 11.5. The molecule has 0 unspecified atom stereocenters. The van der Waals surface area contributed by atoms with Gasteiger partial charge in [-0.2, -0.15) is 0 Å². The van der Waals surface area contributed by atoms with Gasteiger partial charge in [0, 0.05) is 0 Å². The SMILES string of the molecule is CCCCCCCCCCCCCC[N+]12CC[N+](CCCCCCOC(=O)C(C)C)(CC1)CC2. The number of ether oxygens (including phenoxy) is 1. The first-order valence-corrected chi connectivity index (χ1v) is 15.4. The van der Waals surface area contributed by atoms with Crippen LogP contribution in [0.25, 0.3) is 0 Å². The number of hydrogen-bond donors (Lipinski definition) is 0. The van der Waals surface area contributed by atoms with Crippen LogP contribution in [-0.2, 0) is 9.53 Å². The van der Waals surface area contributed by atoms with Crippen molar-refractivity contribution < 1.29 is 18.5 Å². The standard InChI is InChI=1S/C30H60N2O2/c1-4-5-6-7-8-9-10-11-12-13-14-17-20-31-22-25-32(26-23-31,27-24-31)21-18-15-16-19-28-34-30(33)29(2)3/h29H,4-28H2,1-3H3/q+2. The predicted octanol–water partition coefficient (Wildman–Crippen LogP) is 7.11. The van der Waals surface area contributed by atoms with Crippen LogP contribution in [0.15, 0.2) is 0 Å². The van der Waals surface area contributed by atoms with E-state index >= 15 is 0 Å². The van der Waals surface area contributed by atoms with Crippen molar-refractivity contribution in [1.82, 2.24) is 0 Å². The number of esters is 1. The zero-order valence-electron chi connectivity index (χ0n) is 23.5. The van der Waals surface area contributed by atoms with Crippen LogP contribution in [-0.4, -0.2) is 73.9 Å². The summed E-state index contributed by atoms with van der Waals surface area (Å²) in [5.74, 6) is -0.0516. The number of rotatable bonds is 21. The van der Waals surface area contributed by atoms with Gasteiger partial charge in [-0.25, -0.2) is 0 Å². The minimum Gasteiger partial charge on any atom is -0.465 e. The number of nitrogens with zero attached hydrogens (tertiary/aromatic N) is 2. The fraction of sp³-hybridized carbons (Fsp3) is 0.967. The van der Waals surface area contributed by atoms with Gasteiger partial charge in [0.1, 0.15) is 39.3 Å². The summed E-state index contributed by atoms with van der Waals surface area (Å²) in [6, 6.07) is 0. The number of carbonyl (C=O) groups excluding carboxylic acids is 1. The van der Waals surface area contributed by atoms with Gasteiger partial charge < -0.3 is 13.7 Å². The monoisotopic (exact) mass is 480 g/mol. The van der Waals surface area contributed by atoms with Gasteiger partial charge in [-0.3, -0.25) is 4.79 Å². The third-order valence-corrected chi connectivity index (χ3v) is 8.87. The highest BCUT2D eigenvalue weighted by Crippen LogP contribution is 2.28. The first kappa shape index (κ1) is 29.6. The summed E-state index contributed by atoms with van der Waals surface area (Å²) >= 11 is 0. The van der Waals surface area contributed by atoms with Crippen molar-refractivity contribution in [2.45, 2.75) is 124 Å². The molecule has 34 heavy (non-hydrogen) atoms. The van der Waals surface area contributed by atoms with Gasteiger partial charge in [-0.05, 0) is 38.5 Å². The maximum absolute atomic E-state index is 11.5. The van der Waals surface area contributed by atoms with E-state index in [0.717, 1.165) is 6.42 Å². The summed E-state index contributed by atoms with van der Waals surface area (Å²) in [6.45, 7) is 18.1. The highest BCUT2D eigenvalue weighted by atomic mass is 16.5. The van der Waals surface area contributed by atoms with Gasteiger partial charge >= 0.3 is 5.97 Å². The Hall–Kier alpha value is -0.610. The van der Waals surface area contributed by atoms with Crippen molar-refractivity contribution in [2.24, 2.45) is 5.92 Å². The van der Waals surface area contributed by atoms with Gasteiger partial charge in [-0.15, -0.1) is 0 Å². The Kier molecular flexibility index (Phi) is 14.8. The van der Waals surface area contributed by atoms with Crippen LogP contribution in [0.2, 0.25) is 0 Å². The maximum atomic E-state index is 11.5. The number of hydrogen-bond acceptors (Lipinski definition) is 2. The highest BCUT2D eigenvalue weighted by Gasteiger charge is 2.48. The number of fused-ring (bicyclic) bond motifs is 3. The van der Waals surface area contributed by atoms with Crippen molar-refractivity contribution in [3.05, 3.63) is 0 Å². The van der Waals surface area contributed by atoms with Crippen LogP contribution in [0.3, 0.4) is 0 Å². The summed E-state index contributed by atoms with van der Waals surface area (Å²) in [5, 5.41) is 0. The molecule has 3 fully saturated rings. The molecular weight excluding hydrogens is 420 g/mol. The van der Waals surface area contributed by atoms with Crippen molar-refractivity contribution in [3.63, 3.8) is 0 Å². The molecule has 0 aromatic carbocycles. The largest absolute Gasteiger partial charge is 0.465 e. The molecule has 0 amide bonds. The highest BCUT2D eigenvalue weighted by molar-refractivity contribution is 5.71. The summed E-state index contributed by atoms with van der Waals surface area (Å²) in [5.41, 5.74) is 0. The quantitative estimate of drug-likeness (QED) is 0.0994. The van der Waals surface area contributed by atoms with Gasteiger partial charge in [0.15, 0.2) is 0 Å². The van der Waals surface area contributed by atoms with E-state index in [0.29, 0.717) is 6.61 Å². The minimum atomic E-state index is -0.0509. The molecule has 0 atom stereocenters. The van der Waals surface area contributed by atoms with E-state index in [4.69, 9.17) is 4.74 Å². The topological polar surface area (TPSA) is 26.3 Å². The van der Waals surface area contributed by atoms with Crippen molar-refractivity contribution in [3.8, 4) is 0 Å². The zero-order valence-corrected chi connectivity index (χ0v) is 23.5. The van der Waals surface area contributed by atoms with Crippen molar-refractivity contribution in [2.75, 3.05) is 59.0 Å². The second-order valence-corrected chi connectivity index (χ2v) is 12.1. The molecule has 3 aliphatic rings. The molecule has 4 nitrogen and oxygen atoms in total. The molecule has 0 saturated carbocycles. The zero-order chi connectivity index (χ0) is 24.5. The maximum Gasteiger partial charge on any atom is 0.308 e. The van der Waals surface area contributed by atoms with Crippen molar-refractivity contribution >= 4 is 5.97 Å². The van der Waals surface area contributed by atoms with Gasteiger partial charge in [-0.1, -0.05) is 85.0 Å². The van der Waals surface area contributed by atoms with Crippen LogP contribution in [0, 0.1) is 5.92 Å². The van der Waals surface area contributed by atoms with Crippen LogP contribution >= 0.6 is 0 Å². The molecule has 0 aromatic heterocycles. The predicted molar refractivity (Wildman–Crippen MR) is 145 cm³/mol. The van der Waals surface area contributed by atoms with Gasteiger partial charge in [0.05, 0.1) is 25.6 Å². The Morgan fingerprint density at radius 1 is 0.588 bits per heavy atom. The van der Waals surface area contributed by atoms with Crippen LogP contribution in [0.5, 0.6) is 0 Å². The minimum absolute atomic E-state index is 0.000703. The lowest BCUT2D eigenvalue weighted by molar-refractivity contribution is -1.08. The molecule has 4 heteroatoms. The van der Waals surface area contributed by atoms with Crippen LogP contribution < -0.4 is 0 Å². The van der Waals surface area contributed by atoms with E-state index in [9.17, 15) is 4.79 Å². The molecule has 0 aliphatic carbocycles. The second-order valence-electron chi connectivity index (χ2n) is 12.1. The van der Waals surface area contributed by atoms with Gasteiger partial charge in [0.25, 0.3) is 0 Å². The molecule has 3 saturated heterocycles. The average Bonchev–Trinajstić information content (AvgIpc) is 2.85. The van der Waals surface area contributed by atoms with E-state index in [1.165, 1.54) is 158 Å². The van der Waals surface area contributed by atoms with E-state index in [2.05, 4.69) is 6.92 Å². The third-order valence-electron chi connectivity index (χ3n) is 8.87. The molecule has 0 N–H and O–H groups in total. The Balaban J connectivity index is 1.43. The molecule has 0 spiro atoms. The second kappa shape index (κ2) is 17.0. The molecule has 2 bridgehead atoms. The van der Waals surface area contributed by atoms with Crippen LogP contribution in [0.4, 0.5) is 0 Å². The third kappa shape index (κ3) is 11.4. The normalized spacial score (nSPS) is 24.1. The van der Waals surface area contributed by atoms with E-state index in [-0.39, 0.29) is 11.9 Å². The van der Waals surface area contributed by atoms with E-state index in [1.54, 1.807) is 0 Å². The molecule has 200 valence electrons. The lowest BCUT2D eigenvalue weighted by Gasteiger charge is -2.55. The fourth-order valence-corrected chi connectivity index (χ4v) is 6.14. The Bertz CT molecular complexity index is 509. The fourth-order valence-electron chi connectivity index (χ4n) is 6.14.